The molecule has 0 amide bonds. The molecule has 2 rings (SSSR count). The van der Waals surface area contributed by atoms with Gasteiger partial charge in [0.15, 0.2) is 9.84 Å². The first-order chi connectivity index (χ1) is 13.2. The molecule has 0 bridgehead atoms. The monoisotopic (exact) mass is 406 g/mol. The third-order valence-corrected chi connectivity index (χ3v) is 6.67. The van der Waals surface area contributed by atoms with Crippen LogP contribution in [0.3, 0.4) is 0 Å². The number of methoxy groups -OCH3 is 1. The molecule has 2 aromatic carbocycles. The summed E-state index contributed by atoms with van der Waals surface area (Å²) in [7, 11) is -2.14. The highest BCUT2D eigenvalue weighted by Gasteiger charge is 2.31. The molecule has 7 heteroatoms. The second-order valence-corrected chi connectivity index (χ2v) is 9.26. The summed E-state index contributed by atoms with van der Waals surface area (Å²) in [6.45, 7) is 3.60. The first kappa shape index (κ1) is 22.4. The fourth-order valence-corrected chi connectivity index (χ4v) is 4.71. The van der Waals surface area contributed by atoms with E-state index in [-0.39, 0.29) is 23.5 Å². The molecule has 0 spiro atoms. The Bertz CT molecular complexity index is 836. The number of aliphatic hydroxyl groups is 1. The van der Waals surface area contributed by atoms with Gasteiger partial charge in [-0.15, -0.1) is 0 Å². The molecule has 3 atom stereocenters. The second kappa shape index (κ2) is 9.52. The van der Waals surface area contributed by atoms with Crippen molar-refractivity contribution in [3.05, 3.63) is 60.2 Å². The molecule has 0 heterocycles. The van der Waals surface area contributed by atoms with Gasteiger partial charge >= 0.3 is 0 Å². The summed E-state index contributed by atoms with van der Waals surface area (Å²) in [5.74, 6) is 0.175. The Balaban J connectivity index is 2.10. The maximum Gasteiger partial charge on any atom is 0.181 e. The lowest BCUT2D eigenvalue weighted by molar-refractivity contribution is 0.0782. The van der Waals surface area contributed by atoms with E-state index in [0.717, 1.165) is 12.0 Å². The van der Waals surface area contributed by atoms with Crippen molar-refractivity contribution in [2.75, 3.05) is 19.4 Å². The van der Waals surface area contributed by atoms with E-state index in [0.29, 0.717) is 5.75 Å². The van der Waals surface area contributed by atoms with Gasteiger partial charge < -0.3 is 20.9 Å². The maximum absolute atomic E-state index is 12.7. The highest BCUT2D eigenvalue weighted by Crippen LogP contribution is 2.22. The van der Waals surface area contributed by atoms with Gasteiger partial charge in [0.25, 0.3) is 0 Å². The van der Waals surface area contributed by atoms with E-state index in [2.05, 4.69) is 5.32 Å². The van der Waals surface area contributed by atoms with Gasteiger partial charge in [0, 0.05) is 18.6 Å². The predicted molar refractivity (Wildman–Crippen MR) is 111 cm³/mol. The minimum Gasteiger partial charge on any atom is -0.497 e. The van der Waals surface area contributed by atoms with Crippen molar-refractivity contribution >= 4 is 9.84 Å². The van der Waals surface area contributed by atoms with E-state index >= 15 is 0 Å². The Morgan fingerprint density at radius 3 is 2.29 bits per heavy atom. The molecule has 1 unspecified atom stereocenters. The molecule has 0 saturated heterocycles. The SMILES string of the molecule is CC[C@H](N)C(NC[C@@](C)(O)CS(=O)(=O)c1ccc(OC)cc1)c1ccccc1. The normalized spacial score (nSPS) is 16.2. The molecule has 0 aromatic heterocycles. The number of nitrogens with two attached hydrogens (primary N) is 1. The maximum atomic E-state index is 12.7. The summed E-state index contributed by atoms with van der Waals surface area (Å²) < 4.78 is 30.5. The number of ether oxygens (including phenoxy) is 1. The molecule has 2 aromatic rings. The van der Waals surface area contributed by atoms with E-state index < -0.39 is 21.2 Å². The van der Waals surface area contributed by atoms with Crippen molar-refractivity contribution < 1.29 is 18.3 Å². The van der Waals surface area contributed by atoms with Crippen LogP contribution in [0.25, 0.3) is 0 Å². The van der Waals surface area contributed by atoms with E-state index in [1.807, 2.05) is 37.3 Å². The molecule has 0 aliphatic heterocycles. The molecule has 6 nitrogen and oxygen atoms in total. The third kappa shape index (κ3) is 6.04. The number of benzene rings is 2. The van der Waals surface area contributed by atoms with Gasteiger partial charge in [-0.05, 0) is 43.2 Å². The van der Waals surface area contributed by atoms with Crippen LogP contribution >= 0.6 is 0 Å². The molecule has 0 fully saturated rings. The molecule has 28 heavy (non-hydrogen) atoms. The number of hydrogen-bond donors (Lipinski definition) is 3. The lowest BCUT2D eigenvalue weighted by Crippen LogP contribution is -2.48. The van der Waals surface area contributed by atoms with E-state index in [4.69, 9.17) is 10.5 Å². The Labute approximate surface area is 167 Å². The first-order valence-electron chi connectivity index (χ1n) is 9.31. The number of sulfone groups is 1. The van der Waals surface area contributed by atoms with Crippen LogP contribution in [-0.4, -0.2) is 44.6 Å². The second-order valence-electron chi connectivity index (χ2n) is 7.27. The average Bonchev–Trinajstić information content (AvgIpc) is 2.67. The number of nitrogens with one attached hydrogen (secondary N) is 1. The Hall–Kier alpha value is -1.93. The van der Waals surface area contributed by atoms with Gasteiger partial charge in [0.1, 0.15) is 5.75 Å². The van der Waals surface area contributed by atoms with Crippen molar-refractivity contribution in [1.29, 1.82) is 0 Å². The zero-order valence-corrected chi connectivity index (χ0v) is 17.4. The van der Waals surface area contributed by atoms with Crippen LogP contribution in [0.2, 0.25) is 0 Å². The molecule has 4 N–H and O–H groups in total. The minimum atomic E-state index is -3.66. The first-order valence-corrected chi connectivity index (χ1v) is 11.0. The largest absolute Gasteiger partial charge is 0.497 e. The third-order valence-electron chi connectivity index (χ3n) is 4.68. The minimum absolute atomic E-state index is 0.0929. The number of rotatable bonds is 10. The van der Waals surface area contributed by atoms with E-state index in [1.54, 1.807) is 12.1 Å². The summed E-state index contributed by atoms with van der Waals surface area (Å²) in [6.07, 6.45) is 0.749. The lowest BCUT2D eigenvalue weighted by atomic mass is 9.97. The highest BCUT2D eigenvalue weighted by molar-refractivity contribution is 7.91. The highest BCUT2D eigenvalue weighted by atomic mass is 32.2. The molecular formula is C21H30N2O4S. The summed E-state index contributed by atoms with van der Waals surface area (Å²) in [5.41, 5.74) is 5.80. The van der Waals surface area contributed by atoms with Gasteiger partial charge in [0.2, 0.25) is 0 Å². The summed E-state index contributed by atoms with van der Waals surface area (Å²) >= 11 is 0. The van der Waals surface area contributed by atoms with Crippen molar-refractivity contribution in [1.82, 2.24) is 5.32 Å². The Morgan fingerprint density at radius 1 is 1.14 bits per heavy atom. The number of hydrogen-bond acceptors (Lipinski definition) is 6. The van der Waals surface area contributed by atoms with Gasteiger partial charge in [-0.3, -0.25) is 0 Å². The summed E-state index contributed by atoms with van der Waals surface area (Å²) in [4.78, 5) is 0.151. The topological polar surface area (TPSA) is 102 Å². The quantitative estimate of drug-likeness (QED) is 0.560. The van der Waals surface area contributed by atoms with Crippen molar-refractivity contribution in [2.24, 2.45) is 5.73 Å². The molecule has 0 radical (unpaired) electrons. The molecule has 0 aliphatic rings. The van der Waals surface area contributed by atoms with Crippen LogP contribution in [0.15, 0.2) is 59.5 Å². The van der Waals surface area contributed by atoms with Gasteiger partial charge in [-0.25, -0.2) is 8.42 Å². The fourth-order valence-electron chi connectivity index (χ4n) is 3.07. The molecule has 0 aliphatic carbocycles. The lowest BCUT2D eigenvalue weighted by Gasteiger charge is -2.30. The smallest absolute Gasteiger partial charge is 0.181 e. The predicted octanol–water partition coefficient (Wildman–Crippen LogP) is 2.29. The van der Waals surface area contributed by atoms with Crippen molar-refractivity contribution in [2.45, 2.75) is 42.8 Å². The average molecular weight is 407 g/mol. The van der Waals surface area contributed by atoms with E-state index in [1.165, 1.54) is 26.2 Å². The van der Waals surface area contributed by atoms with Crippen molar-refractivity contribution in [3.63, 3.8) is 0 Å². The van der Waals surface area contributed by atoms with Gasteiger partial charge in [0.05, 0.1) is 23.4 Å². The molecule has 0 saturated carbocycles. The Kier molecular flexibility index (Phi) is 7.60. The Morgan fingerprint density at radius 2 is 1.75 bits per heavy atom. The van der Waals surface area contributed by atoms with Crippen molar-refractivity contribution in [3.8, 4) is 5.75 Å². The summed E-state index contributed by atoms with van der Waals surface area (Å²) in [5, 5.41) is 14.0. The van der Waals surface area contributed by atoms with Crippen LogP contribution in [-0.2, 0) is 9.84 Å². The zero-order chi connectivity index (χ0) is 20.8. The van der Waals surface area contributed by atoms with Gasteiger partial charge in [-0.2, -0.15) is 0 Å². The van der Waals surface area contributed by atoms with E-state index in [9.17, 15) is 13.5 Å². The van der Waals surface area contributed by atoms with Crippen LogP contribution in [0, 0.1) is 0 Å². The summed E-state index contributed by atoms with van der Waals surface area (Å²) in [6, 6.07) is 15.5. The molecule has 154 valence electrons. The van der Waals surface area contributed by atoms with Crippen LogP contribution in [0.5, 0.6) is 5.75 Å². The van der Waals surface area contributed by atoms with Crippen LogP contribution in [0.4, 0.5) is 0 Å². The van der Waals surface area contributed by atoms with Crippen LogP contribution in [0.1, 0.15) is 31.9 Å². The zero-order valence-electron chi connectivity index (χ0n) is 16.6. The fraction of sp³-hybridized carbons (Fsp3) is 0.429. The molecular weight excluding hydrogens is 376 g/mol. The van der Waals surface area contributed by atoms with Crippen LogP contribution < -0.4 is 15.8 Å². The van der Waals surface area contributed by atoms with Gasteiger partial charge in [-0.1, -0.05) is 37.3 Å². The standard InChI is InChI=1S/C21H30N2O4S/c1-4-19(22)20(16-8-6-5-7-9-16)23-14-21(2,24)15-28(25,26)18-12-10-17(27-3)11-13-18/h5-13,19-20,23-24H,4,14-15,22H2,1-3H3/t19-,20?,21+/m0/s1.